The fourth-order valence-electron chi connectivity index (χ4n) is 4.76. The van der Waals surface area contributed by atoms with Crippen LogP contribution in [0.1, 0.15) is 50.4 Å². The summed E-state index contributed by atoms with van der Waals surface area (Å²) in [5, 5.41) is 4.49. The summed E-state index contributed by atoms with van der Waals surface area (Å²) >= 11 is 0. The molecule has 1 saturated carbocycles. The van der Waals surface area contributed by atoms with Gasteiger partial charge >= 0.3 is 0 Å². The SMILES string of the molecule is C[C@@H]1CN(c2nc(-n3ccc(OC4CC4)n3)ccc2C(=O)CS(=O)(=O)c2ccccc2)C(C)(C)C1. The molecule has 0 radical (unpaired) electrons. The summed E-state index contributed by atoms with van der Waals surface area (Å²) in [6.07, 6.45) is 5.04. The zero-order valence-corrected chi connectivity index (χ0v) is 21.0. The van der Waals surface area contributed by atoms with Crippen LogP contribution < -0.4 is 9.64 Å². The van der Waals surface area contributed by atoms with Crippen LogP contribution in [0.5, 0.6) is 5.88 Å². The quantitative estimate of drug-likeness (QED) is 0.435. The van der Waals surface area contributed by atoms with Gasteiger partial charge in [-0.1, -0.05) is 25.1 Å². The number of Topliss-reactive ketones (excluding diaryl/α,β-unsaturated/α-hetero) is 1. The minimum absolute atomic E-state index is 0.134. The van der Waals surface area contributed by atoms with Crippen molar-refractivity contribution in [3.8, 4) is 11.7 Å². The van der Waals surface area contributed by atoms with Crippen molar-refractivity contribution in [1.29, 1.82) is 0 Å². The maximum atomic E-state index is 13.4. The van der Waals surface area contributed by atoms with Crippen LogP contribution in [0.3, 0.4) is 0 Å². The number of pyridine rings is 1. The van der Waals surface area contributed by atoms with Crippen LogP contribution in [0.4, 0.5) is 5.82 Å². The van der Waals surface area contributed by atoms with Gasteiger partial charge in [-0.3, -0.25) is 4.79 Å². The summed E-state index contributed by atoms with van der Waals surface area (Å²) < 4.78 is 33.3. The van der Waals surface area contributed by atoms with E-state index < -0.39 is 21.4 Å². The van der Waals surface area contributed by atoms with E-state index in [0.717, 1.165) is 25.8 Å². The molecule has 0 unspecified atom stereocenters. The molecule has 2 aliphatic rings. The Bertz CT molecular complexity index is 1350. The molecule has 3 heterocycles. The first-order valence-electron chi connectivity index (χ1n) is 11.9. The number of nitrogens with zero attached hydrogens (tertiary/aromatic N) is 4. The van der Waals surface area contributed by atoms with Gasteiger partial charge < -0.3 is 9.64 Å². The average molecular weight is 495 g/mol. The van der Waals surface area contributed by atoms with Crippen molar-refractivity contribution in [3.63, 3.8) is 0 Å². The Kier molecular flexibility index (Phi) is 5.91. The molecule has 184 valence electrons. The molecule has 2 aromatic heterocycles. The highest BCUT2D eigenvalue weighted by molar-refractivity contribution is 7.92. The standard InChI is InChI=1S/C26H30N4O4S/c1-18-15-26(2,3)29(16-18)25-21(22(31)17-35(32,33)20-7-5-4-6-8-20)11-12-23(27-25)30-14-13-24(28-30)34-19-9-10-19/h4-8,11-14,18-19H,9-10,15-17H2,1-3H3/t18-/m0/s1. The fourth-order valence-corrected chi connectivity index (χ4v) is 6.00. The molecule has 0 N–H and O–H groups in total. The first-order chi connectivity index (χ1) is 16.6. The van der Waals surface area contributed by atoms with Crippen LogP contribution in [0.2, 0.25) is 0 Å². The number of ketones is 1. The van der Waals surface area contributed by atoms with Crippen LogP contribution >= 0.6 is 0 Å². The van der Waals surface area contributed by atoms with Crippen molar-refractivity contribution in [2.45, 2.75) is 56.6 Å². The minimum Gasteiger partial charge on any atom is -0.473 e. The van der Waals surface area contributed by atoms with Crippen LogP contribution in [0.25, 0.3) is 5.82 Å². The molecule has 1 aliphatic heterocycles. The molecule has 0 spiro atoms. The third-order valence-electron chi connectivity index (χ3n) is 6.52. The number of aromatic nitrogens is 3. The average Bonchev–Trinajstić information content (AvgIpc) is 3.42. The van der Waals surface area contributed by atoms with Gasteiger partial charge in [0.05, 0.1) is 10.5 Å². The van der Waals surface area contributed by atoms with E-state index in [2.05, 4.69) is 30.8 Å². The molecule has 9 heteroatoms. The smallest absolute Gasteiger partial charge is 0.233 e. The molecule has 0 amide bonds. The molecule has 1 saturated heterocycles. The molecule has 3 aromatic rings. The number of rotatable bonds is 8. The molecule has 1 aromatic carbocycles. The molecule has 0 bridgehead atoms. The van der Waals surface area contributed by atoms with Crippen molar-refractivity contribution in [2.24, 2.45) is 5.92 Å². The summed E-state index contributed by atoms with van der Waals surface area (Å²) in [6.45, 7) is 7.14. The number of carbonyl (C=O) groups excluding carboxylic acids is 1. The summed E-state index contributed by atoms with van der Waals surface area (Å²) in [4.78, 5) is 20.5. The lowest BCUT2D eigenvalue weighted by molar-refractivity contribution is 0.102. The lowest BCUT2D eigenvalue weighted by Crippen LogP contribution is -2.40. The van der Waals surface area contributed by atoms with Gasteiger partial charge in [-0.15, -0.1) is 5.10 Å². The van der Waals surface area contributed by atoms with Gasteiger partial charge in [0.2, 0.25) is 5.88 Å². The van der Waals surface area contributed by atoms with E-state index in [0.29, 0.717) is 29.0 Å². The maximum Gasteiger partial charge on any atom is 0.233 e. The molecule has 35 heavy (non-hydrogen) atoms. The number of hydrogen-bond donors (Lipinski definition) is 0. The van der Waals surface area contributed by atoms with Crippen molar-refractivity contribution < 1.29 is 17.9 Å². The van der Waals surface area contributed by atoms with Crippen molar-refractivity contribution in [3.05, 3.63) is 60.3 Å². The highest BCUT2D eigenvalue weighted by Gasteiger charge is 2.39. The van der Waals surface area contributed by atoms with E-state index in [-0.39, 0.29) is 16.5 Å². The van der Waals surface area contributed by atoms with Gasteiger partial charge in [-0.2, -0.15) is 0 Å². The highest BCUT2D eigenvalue weighted by Crippen LogP contribution is 2.38. The normalized spacial score (nSPS) is 19.6. The molecule has 5 rings (SSSR count). The number of anilines is 1. The van der Waals surface area contributed by atoms with E-state index in [1.54, 1.807) is 47.3 Å². The number of benzene rings is 1. The first-order valence-corrected chi connectivity index (χ1v) is 13.6. The zero-order chi connectivity index (χ0) is 24.8. The molecular formula is C26H30N4O4S. The van der Waals surface area contributed by atoms with E-state index in [1.807, 2.05) is 0 Å². The minimum atomic E-state index is -3.78. The summed E-state index contributed by atoms with van der Waals surface area (Å²) in [7, 11) is -3.78. The fraction of sp³-hybridized carbons (Fsp3) is 0.423. The second-order valence-corrected chi connectivity index (χ2v) is 12.2. The van der Waals surface area contributed by atoms with Gasteiger partial charge in [0.15, 0.2) is 21.4 Å². The summed E-state index contributed by atoms with van der Waals surface area (Å²) in [5.41, 5.74) is 0.0694. The van der Waals surface area contributed by atoms with Crippen molar-refractivity contribution >= 4 is 21.4 Å². The van der Waals surface area contributed by atoms with Gasteiger partial charge in [0.25, 0.3) is 0 Å². The Morgan fingerprint density at radius 1 is 1.11 bits per heavy atom. The van der Waals surface area contributed by atoms with E-state index in [4.69, 9.17) is 9.72 Å². The van der Waals surface area contributed by atoms with Gasteiger partial charge in [0, 0.05) is 24.3 Å². The second kappa shape index (κ2) is 8.78. The predicted octanol–water partition coefficient (Wildman–Crippen LogP) is 4.09. The Hall–Kier alpha value is -3.20. The van der Waals surface area contributed by atoms with Crippen LogP contribution in [-0.2, 0) is 9.84 Å². The molecule has 1 aliphatic carbocycles. The Morgan fingerprint density at radius 3 is 2.51 bits per heavy atom. The van der Waals surface area contributed by atoms with E-state index in [1.165, 1.54) is 12.1 Å². The molecule has 1 atom stereocenters. The van der Waals surface area contributed by atoms with Crippen LogP contribution in [0.15, 0.2) is 59.6 Å². The largest absolute Gasteiger partial charge is 0.473 e. The van der Waals surface area contributed by atoms with Gasteiger partial charge in [-0.05, 0) is 63.3 Å². The summed E-state index contributed by atoms with van der Waals surface area (Å²) in [5.74, 6) is 0.899. The molecule has 2 fully saturated rings. The van der Waals surface area contributed by atoms with E-state index in [9.17, 15) is 13.2 Å². The van der Waals surface area contributed by atoms with Gasteiger partial charge in [0.1, 0.15) is 17.7 Å². The molecular weight excluding hydrogens is 464 g/mol. The number of ether oxygens (including phenoxy) is 1. The monoisotopic (exact) mass is 494 g/mol. The number of sulfone groups is 1. The second-order valence-electron chi connectivity index (χ2n) is 10.2. The Labute approximate surface area is 205 Å². The third kappa shape index (κ3) is 4.96. The molecule has 8 nitrogen and oxygen atoms in total. The Balaban J connectivity index is 1.51. The Morgan fingerprint density at radius 2 is 1.86 bits per heavy atom. The predicted molar refractivity (Wildman–Crippen MR) is 133 cm³/mol. The lowest BCUT2D eigenvalue weighted by atomic mass is 9.97. The van der Waals surface area contributed by atoms with Crippen LogP contribution in [0, 0.1) is 5.92 Å². The first kappa shape index (κ1) is 23.5. The summed E-state index contributed by atoms with van der Waals surface area (Å²) in [6, 6.07) is 13.2. The highest BCUT2D eigenvalue weighted by atomic mass is 32.2. The van der Waals surface area contributed by atoms with Crippen molar-refractivity contribution in [2.75, 3.05) is 17.2 Å². The number of hydrogen-bond acceptors (Lipinski definition) is 7. The van der Waals surface area contributed by atoms with Gasteiger partial charge in [-0.25, -0.2) is 18.1 Å². The third-order valence-corrected chi connectivity index (χ3v) is 8.16. The van der Waals surface area contributed by atoms with Crippen molar-refractivity contribution in [1.82, 2.24) is 14.8 Å². The van der Waals surface area contributed by atoms with Crippen LogP contribution in [-0.4, -0.2) is 52.9 Å². The zero-order valence-electron chi connectivity index (χ0n) is 20.2. The maximum absolute atomic E-state index is 13.4. The lowest BCUT2D eigenvalue weighted by Gasteiger charge is -2.34. The van der Waals surface area contributed by atoms with E-state index >= 15 is 0 Å². The number of carbonyl (C=O) groups is 1. The topological polar surface area (TPSA) is 94.4 Å².